The number of benzene rings is 1. The number of para-hydroxylation sites is 2. The van der Waals surface area contributed by atoms with Gasteiger partial charge in [0.25, 0.3) is 5.56 Å². The number of fused-ring (bicyclic) bond motifs is 1. The van der Waals surface area contributed by atoms with E-state index in [1.54, 1.807) is 6.26 Å². The molecule has 1 aliphatic heterocycles. The number of H-pyrrole nitrogens is 1. The molecule has 3 aromatic heterocycles. The smallest absolute Gasteiger partial charge is 0.252 e. The van der Waals surface area contributed by atoms with Crippen LogP contribution in [0.5, 0.6) is 0 Å². The summed E-state index contributed by atoms with van der Waals surface area (Å²) in [6.45, 7) is 3.33. The van der Waals surface area contributed by atoms with E-state index < -0.39 is 0 Å². The molecular weight excluding hydrogens is 380 g/mol. The van der Waals surface area contributed by atoms with Crippen LogP contribution in [0.2, 0.25) is 0 Å². The summed E-state index contributed by atoms with van der Waals surface area (Å²) in [6.07, 6.45) is 5.33. The Kier molecular flexibility index (Phi) is 4.96. The highest BCUT2D eigenvalue weighted by molar-refractivity contribution is 5.79. The van der Waals surface area contributed by atoms with Gasteiger partial charge in [-0.1, -0.05) is 12.1 Å². The van der Waals surface area contributed by atoms with E-state index >= 15 is 0 Å². The van der Waals surface area contributed by atoms with Crippen molar-refractivity contribution in [1.29, 1.82) is 0 Å². The number of aromatic nitrogens is 4. The summed E-state index contributed by atoms with van der Waals surface area (Å²) in [4.78, 5) is 25.6. The normalized spacial score (nSPS) is 15.0. The molecule has 0 radical (unpaired) electrons. The highest BCUT2D eigenvalue weighted by Crippen LogP contribution is 2.28. The van der Waals surface area contributed by atoms with Crippen molar-refractivity contribution in [3.05, 3.63) is 71.0 Å². The molecule has 154 valence electrons. The fourth-order valence-corrected chi connectivity index (χ4v) is 4.06. The molecule has 30 heavy (non-hydrogen) atoms. The minimum absolute atomic E-state index is 0.141. The van der Waals surface area contributed by atoms with Gasteiger partial charge in [0, 0.05) is 31.9 Å². The van der Waals surface area contributed by atoms with E-state index in [2.05, 4.69) is 36.9 Å². The standard InChI is InChI=1S/C22H24N6O2/c29-20-7-10-23-21(26-20)24-14-16-8-11-27(12-9-16)22-25-18-5-1-2-6-19(18)28(22)15-17-4-3-13-30-17/h1-7,10,13,16H,8-9,11-12,14-15H2,(H2,23,24,26,29). The largest absolute Gasteiger partial charge is 0.467 e. The molecule has 0 spiro atoms. The molecule has 0 aliphatic carbocycles. The Bertz CT molecular complexity index is 1170. The number of piperidine rings is 1. The molecule has 0 atom stereocenters. The number of nitrogens with zero attached hydrogens (tertiary/aromatic N) is 4. The van der Waals surface area contributed by atoms with Gasteiger partial charge in [0.05, 0.1) is 23.8 Å². The Balaban J connectivity index is 1.29. The highest BCUT2D eigenvalue weighted by atomic mass is 16.3. The van der Waals surface area contributed by atoms with Crippen molar-refractivity contribution in [2.24, 2.45) is 5.92 Å². The Morgan fingerprint density at radius 3 is 2.80 bits per heavy atom. The molecule has 1 fully saturated rings. The average Bonchev–Trinajstić information content (AvgIpc) is 3.41. The van der Waals surface area contributed by atoms with Gasteiger partial charge in [-0.3, -0.25) is 9.78 Å². The van der Waals surface area contributed by atoms with Crippen molar-refractivity contribution in [2.45, 2.75) is 19.4 Å². The maximum Gasteiger partial charge on any atom is 0.252 e. The quantitative estimate of drug-likeness (QED) is 0.513. The predicted octanol–water partition coefficient (Wildman–Crippen LogP) is 3.09. The summed E-state index contributed by atoms with van der Waals surface area (Å²) >= 11 is 0. The fraction of sp³-hybridized carbons (Fsp3) is 0.318. The Hall–Kier alpha value is -3.55. The van der Waals surface area contributed by atoms with Crippen LogP contribution in [0.25, 0.3) is 11.0 Å². The number of nitrogens with one attached hydrogen (secondary N) is 2. The summed E-state index contributed by atoms with van der Waals surface area (Å²) in [5, 5.41) is 3.25. The molecule has 1 aromatic carbocycles. The van der Waals surface area contributed by atoms with Crippen molar-refractivity contribution in [3.8, 4) is 0 Å². The number of anilines is 2. The van der Waals surface area contributed by atoms with Crippen molar-refractivity contribution in [2.75, 3.05) is 29.9 Å². The average molecular weight is 404 g/mol. The number of hydrogen-bond donors (Lipinski definition) is 2. The Morgan fingerprint density at radius 2 is 2.00 bits per heavy atom. The van der Waals surface area contributed by atoms with Gasteiger partial charge in [-0.25, -0.2) is 9.97 Å². The van der Waals surface area contributed by atoms with Gasteiger partial charge in [0.1, 0.15) is 5.76 Å². The maximum absolute atomic E-state index is 11.4. The first-order valence-electron chi connectivity index (χ1n) is 10.3. The van der Waals surface area contributed by atoms with E-state index in [1.165, 1.54) is 12.3 Å². The second-order valence-electron chi connectivity index (χ2n) is 7.66. The molecule has 2 N–H and O–H groups in total. The fourth-order valence-electron chi connectivity index (χ4n) is 4.06. The van der Waals surface area contributed by atoms with Crippen LogP contribution in [-0.2, 0) is 6.54 Å². The third-order valence-corrected chi connectivity index (χ3v) is 5.66. The molecule has 0 bridgehead atoms. The minimum atomic E-state index is -0.141. The lowest BCUT2D eigenvalue weighted by molar-refractivity contribution is 0.415. The molecule has 5 rings (SSSR count). The van der Waals surface area contributed by atoms with Crippen LogP contribution in [0.4, 0.5) is 11.9 Å². The van der Waals surface area contributed by atoms with E-state index in [9.17, 15) is 4.79 Å². The van der Waals surface area contributed by atoms with Crippen LogP contribution >= 0.6 is 0 Å². The third kappa shape index (κ3) is 3.80. The van der Waals surface area contributed by atoms with Gasteiger partial charge in [0.2, 0.25) is 11.9 Å². The monoisotopic (exact) mass is 404 g/mol. The number of rotatable bonds is 6. The molecule has 1 aliphatic rings. The van der Waals surface area contributed by atoms with Gasteiger partial charge in [-0.2, -0.15) is 0 Å². The Labute approximate surface area is 173 Å². The van der Waals surface area contributed by atoms with Gasteiger partial charge in [0.15, 0.2) is 0 Å². The lowest BCUT2D eigenvalue weighted by Gasteiger charge is -2.33. The van der Waals surface area contributed by atoms with E-state index in [1.807, 2.05) is 24.3 Å². The van der Waals surface area contributed by atoms with E-state index in [0.717, 1.165) is 55.2 Å². The van der Waals surface area contributed by atoms with Gasteiger partial charge < -0.3 is 19.2 Å². The highest BCUT2D eigenvalue weighted by Gasteiger charge is 2.24. The number of hydrogen-bond acceptors (Lipinski definition) is 6. The minimum Gasteiger partial charge on any atom is -0.467 e. The molecule has 8 nitrogen and oxygen atoms in total. The van der Waals surface area contributed by atoms with Gasteiger partial charge in [-0.05, 0) is 43.0 Å². The lowest BCUT2D eigenvalue weighted by atomic mass is 9.97. The van der Waals surface area contributed by atoms with Crippen LogP contribution in [0.1, 0.15) is 18.6 Å². The van der Waals surface area contributed by atoms with E-state index in [4.69, 9.17) is 9.40 Å². The number of imidazole rings is 1. The van der Waals surface area contributed by atoms with Crippen LogP contribution in [0.15, 0.2) is 64.1 Å². The SMILES string of the molecule is O=c1ccnc(NCC2CCN(c3nc4ccccc4n3Cc3ccco3)CC2)[nH]1. The molecular formula is C22H24N6O2. The second kappa shape index (κ2) is 8.06. The second-order valence-corrected chi connectivity index (χ2v) is 7.66. The predicted molar refractivity (Wildman–Crippen MR) is 116 cm³/mol. The molecule has 0 unspecified atom stereocenters. The zero-order valence-corrected chi connectivity index (χ0v) is 16.6. The molecule has 0 amide bonds. The van der Waals surface area contributed by atoms with Crippen molar-refractivity contribution in [1.82, 2.24) is 19.5 Å². The number of aromatic amines is 1. The topological polar surface area (TPSA) is 92.0 Å². The van der Waals surface area contributed by atoms with E-state index in [0.29, 0.717) is 18.4 Å². The summed E-state index contributed by atoms with van der Waals surface area (Å²) in [7, 11) is 0. The molecule has 4 heterocycles. The van der Waals surface area contributed by atoms with Crippen molar-refractivity contribution < 1.29 is 4.42 Å². The summed E-state index contributed by atoms with van der Waals surface area (Å²) in [6, 6.07) is 13.6. The van der Waals surface area contributed by atoms with Crippen LogP contribution in [-0.4, -0.2) is 39.2 Å². The van der Waals surface area contributed by atoms with E-state index in [-0.39, 0.29) is 5.56 Å². The zero-order chi connectivity index (χ0) is 20.3. The van der Waals surface area contributed by atoms with Crippen LogP contribution < -0.4 is 15.8 Å². The Morgan fingerprint density at radius 1 is 1.13 bits per heavy atom. The van der Waals surface area contributed by atoms with Crippen LogP contribution in [0, 0.1) is 5.92 Å². The first-order chi connectivity index (χ1) is 14.8. The first-order valence-corrected chi connectivity index (χ1v) is 10.3. The van der Waals surface area contributed by atoms with Gasteiger partial charge in [-0.15, -0.1) is 0 Å². The first kappa shape index (κ1) is 18.5. The zero-order valence-electron chi connectivity index (χ0n) is 16.6. The van der Waals surface area contributed by atoms with Crippen molar-refractivity contribution in [3.63, 3.8) is 0 Å². The van der Waals surface area contributed by atoms with Crippen LogP contribution in [0.3, 0.4) is 0 Å². The molecule has 0 saturated carbocycles. The number of furan rings is 1. The summed E-state index contributed by atoms with van der Waals surface area (Å²) in [5.74, 6) is 2.97. The summed E-state index contributed by atoms with van der Waals surface area (Å²) < 4.78 is 7.83. The molecule has 8 heteroatoms. The summed E-state index contributed by atoms with van der Waals surface area (Å²) in [5.41, 5.74) is 1.98. The lowest BCUT2D eigenvalue weighted by Crippen LogP contribution is -2.37. The molecule has 4 aromatic rings. The maximum atomic E-state index is 11.4. The van der Waals surface area contributed by atoms with Crippen molar-refractivity contribution >= 4 is 22.9 Å². The third-order valence-electron chi connectivity index (χ3n) is 5.66. The molecule has 1 saturated heterocycles. The van der Waals surface area contributed by atoms with Gasteiger partial charge >= 0.3 is 0 Å².